The third-order valence-electron chi connectivity index (χ3n) is 22.1. The zero-order valence-corrected chi connectivity index (χ0v) is 69.9. The van der Waals surface area contributed by atoms with Crippen molar-refractivity contribution < 1.29 is 35.4 Å². The van der Waals surface area contributed by atoms with Crippen molar-refractivity contribution in [3.8, 4) is 69.7 Å². The monoisotopic (exact) mass is 1510 g/mol. The van der Waals surface area contributed by atoms with Gasteiger partial charge in [-0.1, -0.05) is 253 Å². The van der Waals surface area contributed by atoms with Gasteiger partial charge in [-0.05, 0) is 219 Å². The van der Waals surface area contributed by atoms with Crippen LogP contribution in [0.25, 0.3) is 0 Å². The van der Waals surface area contributed by atoms with Crippen LogP contribution < -0.4 is 35.4 Å². The van der Waals surface area contributed by atoms with Crippen molar-refractivity contribution in [2.45, 2.75) is 196 Å². The Morgan fingerprint density at radius 1 is 0.268 bits per heavy atom. The van der Waals surface area contributed by atoms with Crippen LogP contribution in [0.3, 0.4) is 0 Å². The zero-order chi connectivity index (χ0) is 78.8. The molecule has 568 valence electrons. The third-order valence-corrected chi connectivity index (χ3v) is 25.7. The first-order valence-electron chi connectivity index (χ1n) is 39.7. The smallest absolute Gasteiger partial charge is 0.452 e. The van der Waals surface area contributed by atoms with E-state index in [4.69, 9.17) is 35.4 Å². The minimum absolute atomic E-state index is 0.202. The van der Waals surface area contributed by atoms with Crippen LogP contribution in [0.2, 0.25) is 0 Å². The molecular formula is C102H104O8Si2. The molecule has 14 bridgehead atoms. The molecule has 2 spiro atoms. The molecule has 10 aliphatic heterocycles. The molecular weight excluding hydrogens is 1410 g/mol. The Balaban J connectivity index is 0.000000486. The highest BCUT2D eigenvalue weighted by Gasteiger charge is 2.64. The first kappa shape index (κ1) is 76.5. The van der Waals surface area contributed by atoms with E-state index in [0.29, 0.717) is 112 Å². The van der Waals surface area contributed by atoms with E-state index in [1.807, 2.05) is 98.8 Å². The van der Waals surface area contributed by atoms with Crippen LogP contribution in [0, 0.1) is 23.7 Å². The van der Waals surface area contributed by atoms with Crippen LogP contribution in [0.5, 0.6) is 46.0 Å². The van der Waals surface area contributed by atoms with Crippen molar-refractivity contribution in [1.82, 2.24) is 0 Å². The molecule has 10 aromatic carbocycles. The maximum Gasteiger partial charge on any atom is 0.966 e. The minimum atomic E-state index is -4.80. The average molecular weight is 1510 g/mol. The lowest BCUT2D eigenvalue weighted by atomic mass is 9.79. The molecule has 0 radical (unpaired) electrons. The topological polar surface area (TPSA) is 73.8 Å². The Hall–Kier alpha value is -10.9. The van der Waals surface area contributed by atoms with Gasteiger partial charge < -0.3 is 35.4 Å². The Bertz CT molecular complexity index is 5290. The third kappa shape index (κ3) is 15.6. The van der Waals surface area contributed by atoms with E-state index >= 15 is 0 Å². The van der Waals surface area contributed by atoms with Gasteiger partial charge in [-0.25, -0.2) is 0 Å². The normalized spacial score (nSPS) is 16.6. The second-order valence-corrected chi connectivity index (χ2v) is 38.8. The van der Waals surface area contributed by atoms with Gasteiger partial charge in [0, 0.05) is 62.5 Å². The Morgan fingerprint density at radius 2 is 0.429 bits per heavy atom. The highest BCUT2D eigenvalue weighted by molar-refractivity contribution is 6.58. The fraction of sp³-hybridized carbons (Fsp3) is 0.294. The highest BCUT2D eigenvalue weighted by Crippen LogP contribution is 2.53. The van der Waals surface area contributed by atoms with Gasteiger partial charge >= 0.3 is 18.1 Å². The molecule has 0 amide bonds. The molecule has 0 aliphatic carbocycles. The molecule has 0 saturated carbocycles. The zero-order valence-electron chi connectivity index (χ0n) is 67.9. The van der Waals surface area contributed by atoms with Crippen LogP contribution in [-0.2, 0) is 98.7 Å². The molecule has 20 rings (SSSR count). The van der Waals surface area contributed by atoms with E-state index in [1.165, 1.54) is 16.7 Å². The molecule has 0 unspecified atom stereocenters. The number of hydrogen-bond acceptors (Lipinski definition) is 8. The Labute approximate surface area is 667 Å². The second-order valence-electron chi connectivity index (χ2n) is 35.2. The van der Waals surface area contributed by atoms with Crippen LogP contribution in [0.4, 0.5) is 0 Å². The van der Waals surface area contributed by atoms with Gasteiger partial charge in [0.1, 0.15) is 46.0 Å². The van der Waals surface area contributed by atoms with E-state index in [-0.39, 0.29) is 21.7 Å². The van der Waals surface area contributed by atoms with Crippen molar-refractivity contribution in [3.63, 3.8) is 0 Å². The maximum atomic E-state index is 8.44. The molecule has 10 heteroatoms. The summed E-state index contributed by atoms with van der Waals surface area (Å²) in [5, 5.41) is 0. The average Bonchev–Trinajstić information content (AvgIpc) is 0.684. The van der Waals surface area contributed by atoms with Crippen LogP contribution in [-0.4, -0.2) is 18.1 Å². The van der Waals surface area contributed by atoms with Gasteiger partial charge in [-0.15, -0.1) is 38.2 Å². The van der Waals surface area contributed by atoms with Crippen molar-refractivity contribution in [3.05, 3.63) is 353 Å². The lowest BCUT2D eigenvalue weighted by Gasteiger charge is -2.39. The van der Waals surface area contributed by atoms with Crippen molar-refractivity contribution in [2.75, 3.05) is 0 Å². The Morgan fingerprint density at radius 3 is 0.571 bits per heavy atom. The van der Waals surface area contributed by atoms with Gasteiger partial charge in [-0.2, -0.15) is 0 Å². The Kier molecular flexibility index (Phi) is 20.5. The summed E-state index contributed by atoms with van der Waals surface area (Å²) in [6, 6.07) is 57.2. The van der Waals surface area contributed by atoms with E-state index in [1.54, 1.807) is 0 Å². The molecule has 0 aromatic heterocycles. The van der Waals surface area contributed by atoms with Gasteiger partial charge in [-0.3, -0.25) is 0 Å². The summed E-state index contributed by atoms with van der Waals surface area (Å²) in [5.41, 5.74) is 26.0. The summed E-state index contributed by atoms with van der Waals surface area (Å²) < 4.78 is 65.8. The molecule has 10 aromatic rings. The van der Waals surface area contributed by atoms with E-state index in [2.05, 4.69) is 230 Å². The van der Waals surface area contributed by atoms with Crippen LogP contribution in [0.1, 0.15) is 242 Å². The standard InChI is InChI=1S/C84H88O8Si2.2C9H8/c1-17-21-49-25-53-33-55-27-50(22-18-2)29-57-35-59-31-52(24-20-4)32-60-36-58-30-51(23-19-3)28-56-34-54(26-49)73(53)85-93(86-74(55)57,87-75(56)58)89-77-61-37-63-43-70(82(8,9)10)45-65-39-67-47-72(84(14,15)16)48-68-40-66-46-71(83(11,12)13)44-64(38-62(77)42-69(41-61)81(5,6)7)79(66)91-94(88-76(59)60,90-78(63)65)92-80(67)68;2*1-2-6-9-7-4-3-5-8-9/h17-20,25-32,41-48H,1-4,21-24,33-40H2,5-16H3;2*3-5,7-8H,1H3. The summed E-state index contributed by atoms with van der Waals surface area (Å²) >= 11 is 0. The first-order chi connectivity index (χ1) is 53.5. The van der Waals surface area contributed by atoms with Gasteiger partial charge in [0.25, 0.3) is 0 Å². The van der Waals surface area contributed by atoms with Crippen molar-refractivity contribution >= 4 is 18.1 Å². The van der Waals surface area contributed by atoms with Gasteiger partial charge in [0.15, 0.2) is 0 Å². The lowest BCUT2D eigenvalue weighted by molar-refractivity contribution is 0.150. The summed E-state index contributed by atoms with van der Waals surface area (Å²) in [5.74, 6) is 17.0. The largest absolute Gasteiger partial charge is 0.966 e. The predicted octanol–water partition coefficient (Wildman–Crippen LogP) is 22.9. The van der Waals surface area contributed by atoms with Gasteiger partial charge in [0.05, 0.1) is 0 Å². The second kappa shape index (κ2) is 30.0. The summed E-state index contributed by atoms with van der Waals surface area (Å²) in [7, 11) is -9.59. The van der Waals surface area contributed by atoms with Crippen molar-refractivity contribution in [2.24, 2.45) is 0 Å². The molecule has 0 saturated heterocycles. The summed E-state index contributed by atoms with van der Waals surface area (Å²) in [4.78, 5) is 0. The SMILES string of the molecule is C=CCc1cc2c3c(c1)Cc1cc(CC=C)cc4c1O[Si]1(O3)Oc3c(cc(CC=C)cc3Cc3cc(CC=C)cc(c3O[Si]35Oc6c7cc(C(C)(C)C)cc6Cc6cc(C(C)(C)C)cc(c6O3)Cc3cc(C(C)(C)C)cc(c3O5)Cc3cc(C(C)(C)C)cc(c3O1)C7)C4)C2.CC#Cc1ccccc1.CC#Cc1ccccc1. The fourth-order valence-electron chi connectivity index (χ4n) is 16.6. The number of rotatable bonds is 8. The van der Waals surface area contributed by atoms with E-state index in [9.17, 15) is 0 Å². The highest BCUT2D eigenvalue weighted by atomic mass is 28.4. The molecule has 10 heterocycles. The first-order valence-corrected chi connectivity index (χ1v) is 42.9. The maximum absolute atomic E-state index is 8.44. The molecule has 112 heavy (non-hydrogen) atoms. The molecule has 0 atom stereocenters. The lowest BCUT2D eigenvalue weighted by Crippen LogP contribution is -2.62. The van der Waals surface area contributed by atoms with Crippen LogP contribution >= 0.6 is 0 Å². The minimum Gasteiger partial charge on any atom is -0.452 e. The number of benzene rings is 10. The number of hydrogen-bond donors (Lipinski definition) is 0. The molecule has 10 aliphatic rings. The fourth-order valence-corrected chi connectivity index (χ4v) is 21.2. The molecule has 8 nitrogen and oxygen atoms in total. The van der Waals surface area contributed by atoms with Gasteiger partial charge in [0.2, 0.25) is 0 Å². The summed E-state index contributed by atoms with van der Waals surface area (Å²) in [6.45, 7) is 48.5. The van der Waals surface area contributed by atoms with Crippen LogP contribution in [0.15, 0.2) is 208 Å². The number of allylic oxidation sites excluding steroid dienone is 4. The summed E-state index contributed by atoms with van der Waals surface area (Å²) in [6.07, 6.45) is 14.1. The van der Waals surface area contributed by atoms with E-state index < -0.39 is 18.1 Å². The molecule has 0 fully saturated rings. The predicted molar refractivity (Wildman–Crippen MR) is 459 cm³/mol. The quantitative estimate of drug-likeness (QED) is 0.0846. The van der Waals surface area contributed by atoms with Crippen molar-refractivity contribution in [1.29, 1.82) is 0 Å². The van der Waals surface area contributed by atoms with E-state index in [0.717, 1.165) is 139 Å². The molecule has 0 N–H and O–H groups in total.